The number of urea groups is 1. The Labute approximate surface area is 178 Å². The van der Waals surface area contributed by atoms with Gasteiger partial charge in [-0.2, -0.15) is 0 Å². The van der Waals surface area contributed by atoms with Crippen LogP contribution < -0.4 is 16.0 Å². The van der Waals surface area contributed by atoms with Gasteiger partial charge in [-0.25, -0.2) is 22.9 Å². The minimum Gasteiger partial charge on any atom is -0.345 e. The van der Waals surface area contributed by atoms with Crippen molar-refractivity contribution in [3.05, 3.63) is 47.3 Å². The molecule has 0 saturated heterocycles. The van der Waals surface area contributed by atoms with E-state index in [1.807, 2.05) is 0 Å². The van der Waals surface area contributed by atoms with Gasteiger partial charge in [0.2, 0.25) is 6.43 Å². The number of hydrogen-bond acceptors (Lipinski definition) is 3. The summed E-state index contributed by atoms with van der Waals surface area (Å²) in [6.07, 6.45) is 5.36. The number of fused-ring (bicyclic) bond motifs is 1. The summed E-state index contributed by atoms with van der Waals surface area (Å²) in [4.78, 5) is 28.1. The van der Waals surface area contributed by atoms with Crippen LogP contribution in [0.25, 0.3) is 0 Å². The Hall–Kier alpha value is -3.04. The van der Waals surface area contributed by atoms with Gasteiger partial charge in [0.1, 0.15) is 5.82 Å². The van der Waals surface area contributed by atoms with E-state index < -0.39 is 12.2 Å². The van der Waals surface area contributed by atoms with Crippen molar-refractivity contribution in [3.8, 4) is 0 Å². The number of rotatable bonds is 6. The summed E-state index contributed by atoms with van der Waals surface area (Å²) in [5.41, 5.74) is 1.67. The van der Waals surface area contributed by atoms with Gasteiger partial charge >= 0.3 is 6.03 Å². The van der Waals surface area contributed by atoms with Crippen molar-refractivity contribution in [2.75, 3.05) is 5.32 Å². The molecule has 10 heteroatoms. The second-order valence-electron chi connectivity index (χ2n) is 7.77. The molecular weight excluding hydrogens is 411 g/mol. The summed E-state index contributed by atoms with van der Waals surface area (Å²) in [5, 5.41) is 8.29. The standard InChI is InChI=1S/C19H22FN5O2.C2H4F2/c1-25-7-6-21-17(25)18(26)22-10-12-8-16-13(9-14(12)20)15(23-19(27)24-16)5-4-11-2-3-11;1-2(3)4/h6-9,11,15H,2-5,10H2,1H3,(H,22,26)(H2,23,24,27);2H,1H3/t15-;/m0./s1. The number of nitrogens with zero attached hydrogens (tertiary/aromatic N) is 2. The zero-order valence-electron chi connectivity index (χ0n) is 17.4. The number of imidazole rings is 1. The summed E-state index contributed by atoms with van der Waals surface area (Å²) in [6.45, 7) is 0.848. The molecule has 0 unspecified atom stereocenters. The molecule has 2 heterocycles. The van der Waals surface area contributed by atoms with Gasteiger partial charge in [0.25, 0.3) is 5.91 Å². The monoisotopic (exact) mass is 437 g/mol. The first-order valence-electron chi connectivity index (χ1n) is 10.2. The number of aromatic nitrogens is 2. The lowest BCUT2D eigenvalue weighted by Crippen LogP contribution is -2.38. The van der Waals surface area contributed by atoms with E-state index in [2.05, 4.69) is 20.9 Å². The Bertz CT molecular complexity index is 940. The largest absolute Gasteiger partial charge is 0.345 e. The molecule has 1 atom stereocenters. The van der Waals surface area contributed by atoms with Gasteiger partial charge in [0.05, 0.1) is 6.04 Å². The fourth-order valence-electron chi connectivity index (χ4n) is 3.44. The molecule has 1 aromatic carbocycles. The second-order valence-corrected chi connectivity index (χ2v) is 7.77. The number of nitrogens with one attached hydrogen (secondary N) is 3. The molecule has 1 aliphatic carbocycles. The smallest absolute Gasteiger partial charge is 0.319 e. The Balaban J connectivity index is 0.000000628. The molecular formula is C21H26F3N5O2. The normalized spacial score (nSPS) is 17.2. The molecule has 3 amide bonds. The van der Waals surface area contributed by atoms with Crippen molar-refractivity contribution in [1.29, 1.82) is 0 Å². The molecule has 4 rings (SSSR count). The van der Waals surface area contributed by atoms with E-state index in [1.165, 1.54) is 25.1 Å². The van der Waals surface area contributed by atoms with Crippen molar-refractivity contribution < 1.29 is 22.8 Å². The minimum atomic E-state index is -2.17. The molecule has 2 aromatic rings. The number of hydrogen-bond donors (Lipinski definition) is 3. The molecule has 1 fully saturated rings. The molecule has 168 valence electrons. The van der Waals surface area contributed by atoms with Gasteiger partial charge in [-0.15, -0.1) is 0 Å². The average molecular weight is 437 g/mol. The third kappa shape index (κ3) is 6.22. The fraction of sp³-hybridized carbons (Fsp3) is 0.476. The van der Waals surface area contributed by atoms with Crippen LogP contribution >= 0.6 is 0 Å². The maximum absolute atomic E-state index is 14.6. The van der Waals surface area contributed by atoms with E-state index in [9.17, 15) is 22.8 Å². The number of carbonyl (C=O) groups excluding carboxylic acids is 2. The number of anilines is 1. The maximum atomic E-state index is 14.6. The Morgan fingerprint density at radius 1 is 1.32 bits per heavy atom. The highest BCUT2D eigenvalue weighted by molar-refractivity contribution is 5.93. The van der Waals surface area contributed by atoms with Crippen LogP contribution in [-0.4, -0.2) is 27.9 Å². The molecule has 7 nitrogen and oxygen atoms in total. The zero-order valence-corrected chi connectivity index (χ0v) is 17.4. The van der Waals surface area contributed by atoms with Crippen LogP contribution in [0.4, 0.5) is 23.7 Å². The van der Waals surface area contributed by atoms with Crippen molar-refractivity contribution in [1.82, 2.24) is 20.2 Å². The Kier molecular flexibility index (Phi) is 7.19. The number of amides is 3. The van der Waals surface area contributed by atoms with Gasteiger partial charge in [-0.3, -0.25) is 4.79 Å². The second kappa shape index (κ2) is 9.84. The van der Waals surface area contributed by atoms with E-state index in [1.54, 1.807) is 23.9 Å². The molecule has 3 N–H and O–H groups in total. The van der Waals surface area contributed by atoms with Crippen LogP contribution in [0, 0.1) is 11.7 Å². The molecule has 31 heavy (non-hydrogen) atoms. The van der Waals surface area contributed by atoms with Crippen LogP contribution in [0.5, 0.6) is 0 Å². The average Bonchev–Trinajstić information content (AvgIpc) is 3.43. The fourth-order valence-corrected chi connectivity index (χ4v) is 3.44. The molecule has 1 aromatic heterocycles. The summed E-state index contributed by atoms with van der Waals surface area (Å²) in [5.74, 6) is 0.215. The Morgan fingerprint density at radius 2 is 2.03 bits per heavy atom. The number of benzene rings is 1. The summed E-state index contributed by atoms with van der Waals surface area (Å²) < 4.78 is 36.9. The summed E-state index contributed by atoms with van der Waals surface area (Å²) >= 11 is 0. The lowest BCUT2D eigenvalue weighted by molar-refractivity contribution is 0.0937. The quantitative estimate of drug-likeness (QED) is 0.635. The van der Waals surface area contributed by atoms with Crippen molar-refractivity contribution in [2.45, 2.75) is 51.6 Å². The summed E-state index contributed by atoms with van der Waals surface area (Å²) in [6, 6.07) is 2.60. The van der Waals surface area contributed by atoms with Gasteiger partial charge in [0, 0.05) is 42.8 Å². The molecule has 2 aliphatic rings. The SMILES string of the molecule is CC(F)F.Cn1ccnc1C(=O)NCc1cc2c(cc1F)[C@H](CCC1CC1)NC(=O)N2. The molecule has 0 bridgehead atoms. The molecule has 1 aliphatic heterocycles. The van der Waals surface area contributed by atoms with Crippen LogP contribution in [-0.2, 0) is 13.6 Å². The Morgan fingerprint density at radius 3 is 2.65 bits per heavy atom. The van der Waals surface area contributed by atoms with Crippen molar-refractivity contribution >= 4 is 17.6 Å². The lowest BCUT2D eigenvalue weighted by atomic mass is 9.95. The van der Waals surface area contributed by atoms with E-state index in [0.717, 1.165) is 31.2 Å². The third-order valence-corrected chi connectivity index (χ3v) is 5.17. The van der Waals surface area contributed by atoms with Crippen molar-refractivity contribution in [2.24, 2.45) is 13.0 Å². The first kappa shape index (κ1) is 22.6. The highest BCUT2D eigenvalue weighted by Gasteiger charge is 2.29. The van der Waals surface area contributed by atoms with E-state index >= 15 is 0 Å². The van der Waals surface area contributed by atoms with E-state index in [0.29, 0.717) is 11.3 Å². The van der Waals surface area contributed by atoms with Crippen LogP contribution in [0.3, 0.4) is 0 Å². The minimum absolute atomic E-state index is 0.0147. The summed E-state index contributed by atoms with van der Waals surface area (Å²) in [7, 11) is 1.71. The van der Waals surface area contributed by atoms with Crippen LogP contribution in [0.2, 0.25) is 0 Å². The van der Waals surface area contributed by atoms with Gasteiger partial charge in [-0.1, -0.05) is 12.8 Å². The number of aryl methyl sites for hydroxylation is 1. The van der Waals surface area contributed by atoms with Crippen LogP contribution in [0.15, 0.2) is 24.5 Å². The first-order chi connectivity index (χ1) is 14.7. The van der Waals surface area contributed by atoms with Gasteiger partial charge in [-0.05, 0) is 37.8 Å². The first-order valence-corrected chi connectivity index (χ1v) is 10.2. The topological polar surface area (TPSA) is 88.1 Å². The number of halogens is 3. The number of carbonyl (C=O) groups is 2. The predicted molar refractivity (Wildman–Crippen MR) is 109 cm³/mol. The lowest BCUT2D eigenvalue weighted by Gasteiger charge is -2.28. The van der Waals surface area contributed by atoms with Crippen LogP contribution in [0.1, 0.15) is 60.4 Å². The van der Waals surface area contributed by atoms with E-state index in [-0.39, 0.29) is 30.3 Å². The highest BCUT2D eigenvalue weighted by atomic mass is 19.3. The van der Waals surface area contributed by atoms with Crippen molar-refractivity contribution in [3.63, 3.8) is 0 Å². The predicted octanol–water partition coefficient (Wildman–Crippen LogP) is 4.13. The van der Waals surface area contributed by atoms with Gasteiger partial charge < -0.3 is 20.5 Å². The highest BCUT2D eigenvalue weighted by Crippen LogP contribution is 2.38. The number of alkyl halides is 2. The zero-order chi connectivity index (χ0) is 22.5. The molecule has 0 spiro atoms. The van der Waals surface area contributed by atoms with Gasteiger partial charge in [0.15, 0.2) is 5.82 Å². The maximum Gasteiger partial charge on any atom is 0.319 e. The third-order valence-electron chi connectivity index (χ3n) is 5.17. The molecule has 1 saturated carbocycles. The molecule has 0 radical (unpaired) electrons. The van der Waals surface area contributed by atoms with E-state index in [4.69, 9.17) is 0 Å².